The Balaban J connectivity index is 2.84. The second kappa shape index (κ2) is 6.68. The van der Waals surface area contributed by atoms with Crippen LogP contribution in [0.15, 0.2) is 30.4 Å². The molecule has 2 rings (SSSR count). The van der Waals surface area contributed by atoms with Gasteiger partial charge < -0.3 is 10.3 Å². The fraction of sp³-hybridized carbons (Fsp3) is 0.158. The number of nitriles is 1. The van der Waals surface area contributed by atoms with Crippen LogP contribution in [0.1, 0.15) is 34.1 Å². The van der Waals surface area contributed by atoms with Gasteiger partial charge in [-0.1, -0.05) is 12.0 Å². The van der Waals surface area contributed by atoms with Crippen molar-refractivity contribution >= 4 is 22.4 Å². The third kappa shape index (κ3) is 2.88. The number of amides is 1. The van der Waals surface area contributed by atoms with E-state index in [1.165, 1.54) is 0 Å². The van der Waals surface area contributed by atoms with Crippen LogP contribution in [0.25, 0.3) is 16.5 Å². The van der Waals surface area contributed by atoms with Crippen LogP contribution in [0, 0.1) is 30.6 Å². The van der Waals surface area contributed by atoms with E-state index in [0.717, 1.165) is 27.6 Å². The van der Waals surface area contributed by atoms with Crippen molar-refractivity contribution in [3.63, 3.8) is 0 Å². The summed E-state index contributed by atoms with van der Waals surface area (Å²) in [7, 11) is 1.59. The minimum absolute atomic E-state index is 0.190. The molecule has 0 unspecified atom stereocenters. The Hall–Kier alpha value is -3.24. The van der Waals surface area contributed by atoms with Gasteiger partial charge in [-0.25, -0.2) is 0 Å². The SMILES string of the molecule is C#C/C=C\C(=C/C)c1cc(C#N)cc2c(C)c(C(=O)NC)[nH]c12. The Kier molecular flexibility index (Phi) is 4.69. The lowest BCUT2D eigenvalue weighted by molar-refractivity contribution is 0.0958. The summed E-state index contributed by atoms with van der Waals surface area (Å²) in [5.74, 6) is 2.27. The maximum Gasteiger partial charge on any atom is 0.267 e. The molecule has 0 bridgehead atoms. The molecule has 114 valence electrons. The number of aromatic amines is 1. The van der Waals surface area contributed by atoms with Gasteiger partial charge in [0.05, 0.1) is 17.1 Å². The number of nitrogens with zero attached hydrogens (tertiary/aromatic N) is 1. The standard InChI is InChI=1S/C19H17N3O/c1-5-7-8-14(6-2)16-10-13(11-20)9-15-12(3)17(19(23)21-4)22-18(15)16/h1,6-10,22H,2-4H3,(H,21,23)/b8-7-,14-6+. The first-order chi connectivity index (χ1) is 11.1. The molecule has 23 heavy (non-hydrogen) atoms. The Labute approximate surface area is 135 Å². The highest BCUT2D eigenvalue weighted by Crippen LogP contribution is 2.31. The summed E-state index contributed by atoms with van der Waals surface area (Å²) in [6.45, 7) is 3.76. The minimum atomic E-state index is -0.190. The van der Waals surface area contributed by atoms with Gasteiger partial charge in [-0.15, -0.1) is 6.42 Å². The van der Waals surface area contributed by atoms with Crippen molar-refractivity contribution in [1.29, 1.82) is 5.26 Å². The summed E-state index contributed by atoms with van der Waals surface area (Å²) in [5.41, 5.74) is 4.38. The Morgan fingerprint density at radius 2 is 2.17 bits per heavy atom. The second-order valence-corrected chi connectivity index (χ2v) is 5.01. The average molecular weight is 303 g/mol. The molecule has 2 aromatic rings. The monoisotopic (exact) mass is 303 g/mol. The molecule has 0 aliphatic carbocycles. The van der Waals surface area contributed by atoms with Gasteiger partial charge in [0, 0.05) is 18.0 Å². The predicted octanol–water partition coefficient (Wildman–Crippen LogP) is 3.30. The lowest BCUT2D eigenvalue weighted by Crippen LogP contribution is -2.19. The van der Waals surface area contributed by atoms with Crippen LogP contribution in [0.2, 0.25) is 0 Å². The van der Waals surface area contributed by atoms with E-state index in [1.807, 2.05) is 26.0 Å². The van der Waals surface area contributed by atoms with E-state index < -0.39 is 0 Å². The van der Waals surface area contributed by atoms with E-state index in [-0.39, 0.29) is 5.91 Å². The summed E-state index contributed by atoms with van der Waals surface area (Å²) in [6, 6.07) is 5.75. The summed E-state index contributed by atoms with van der Waals surface area (Å²) >= 11 is 0. The van der Waals surface area contributed by atoms with Crippen molar-refractivity contribution in [3.05, 3.63) is 52.7 Å². The molecule has 0 radical (unpaired) electrons. The molecular weight excluding hydrogens is 286 g/mol. The fourth-order valence-corrected chi connectivity index (χ4v) is 2.55. The first kappa shape index (κ1) is 16.1. The van der Waals surface area contributed by atoms with Gasteiger partial charge in [0.2, 0.25) is 0 Å². The predicted molar refractivity (Wildman–Crippen MR) is 92.8 cm³/mol. The van der Waals surface area contributed by atoms with Crippen LogP contribution < -0.4 is 5.32 Å². The van der Waals surface area contributed by atoms with Gasteiger partial charge in [-0.2, -0.15) is 5.26 Å². The maximum atomic E-state index is 12.0. The van der Waals surface area contributed by atoms with Crippen molar-refractivity contribution in [2.24, 2.45) is 0 Å². The number of hydrogen-bond acceptors (Lipinski definition) is 2. The highest BCUT2D eigenvalue weighted by atomic mass is 16.1. The Morgan fingerprint density at radius 3 is 2.74 bits per heavy atom. The topological polar surface area (TPSA) is 68.7 Å². The van der Waals surface area contributed by atoms with Crippen molar-refractivity contribution in [1.82, 2.24) is 10.3 Å². The maximum absolute atomic E-state index is 12.0. The fourth-order valence-electron chi connectivity index (χ4n) is 2.55. The molecule has 0 fully saturated rings. The highest BCUT2D eigenvalue weighted by molar-refractivity contribution is 6.04. The molecular formula is C19H17N3O. The number of H-pyrrole nitrogens is 1. The van der Waals surface area contributed by atoms with E-state index in [0.29, 0.717) is 11.3 Å². The zero-order chi connectivity index (χ0) is 17.0. The molecule has 2 N–H and O–H groups in total. The quantitative estimate of drug-likeness (QED) is 0.674. The second-order valence-electron chi connectivity index (χ2n) is 5.01. The lowest BCUT2D eigenvalue weighted by atomic mass is 9.98. The molecule has 0 aliphatic rings. The van der Waals surface area contributed by atoms with Gasteiger partial charge in [-0.05, 0) is 49.3 Å². The number of carbonyl (C=O) groups is 1. The molecule has 0 atom stereocenters. The molecule has 4 nitrogen and oxygen atoms in total. The number of terminal acetylenes is 1. The summed E-state index contributed by atoms with van der Waals surface area (Å²) in [6.07, 6.45) is 10.6. The molecule has 0 saturated heterocycles. The first-order valence-corrected chi connectivity index (χ1v) is 7.15. The van der Waals surface area contributed by atoms with Gasteiger partial charge in [-0.3, -0.25) is 4.79 Å². The number of rotatable bonds is 3. The number of carbonyl (C=O) groups excluding carboxylic acids is 1. The van der Waals surface area contributed by atoms with Crippen LogP contribution in [0.4, 0.5) is 0 Å². The van der Waals surface area contributed by atoms with Crippen molar-refractivity contribution in [2.45, 2.75) is 13.8 Å². The molecule has 1 aromatic carbocycles. The number of aryl methyl sites for hydroxylation is 1. The van der Waals surface area contributed by atoms with Gasteiger partial charge in [0.1, 0.15) is 5.69 Å². The highest BCUT2D eigenvalue weighted by Gasteiger charge is 2.17. The Morgan fingerprint density at radius 1 is 1.43 bits per heavy atom. The third-order valence-corrected chi connectivity index (χ3v) is 3.73. The van der Waals surface area contributed by atoms with Crippen LogP contribution >= 0.6 is 0 Å². The van der Waals surface area contributed by atoms with E-state index in [4.69, 9.17) is 6.42 Å². The number of benzene rings is 1. The van der Waals surface area contributed by atoms with Crippen LogP contribution in [-0.4, -0.2) is 17.9 Å². The van der Waals surface area contributed by atoms with E-state index in [9.17, 15) is 10.1 Å². The molecule has 1 heterocycles. The largest absolute Gasteiger partial charge is 0.354 e. The normalized spacial score (nSPS) is 11.4. The van der Waals surface area contributed by atoms with Crippen molar-refractivity contribution < 1.29 is 4.79 Å². The summed E-state index contributed by atoms with van der Waals surface area (Å²) in [4.78, 5) is 15.2. The Bertz CT molecular complexity index is 915. The minimum Gasteiger partial charge on any atom is -0.354 e. The van der Waals surface area contributed by atoms with Gasteiger partial charge in [0.15, 0.2) is 0 Å². The molecule has 4 heteroatoms. The van der Waals surface area contributed by atoms with Crippen LogP contribution in [0.5, 0.6) is 0 Å². The number of allylic oxidation sites excluding steroid dienone is 4. The zero-order valence-electron chi connectivity index (χ0n) is 13.3. The van der Waals surface area contributed by atoms with E-state index >= 15 is 0 Å². The number of fused-ring (bicyclic) bond motifs is 1. The van der Waals surface area contributed by atoms with Crippen molar-refractivity contribution in [3.8, 4) is 18.4 Å². The average Bonchev–Trinajstić information content (AvgIpc) is 2.91. The molecule has 1 amide bonds. The van der Waals surface area contributed by atoms with Crippen molar-refractivity contribution in [2.75, 3.05) is 7.05 Å². The first-order valence-electron chi connectivity index (χ1n) is 7.15. The number of aromatic nitrogens is 1. The van der Waals surface area contributed by atoms with Crippen LogP contribution in [0.3, 0.4) is 0 Å². The molecule has 0 saturated carbocycles. The molecule has 0 aliphatic heterocycles. The third-order valence-electron chi connectivity index (χ3n) is 3.73. The molecule has 0 spiro atoms. The number of hydrogen-bond donors (Lipinski definition) is 2. The zero-order valence-corrected chi connectivity index (χ0v) is 13.3. The van der Waals surface area contributed by atoms with Gasteiger partial charge >= 0.3 is 0 Å². The smallest absolute Gasteiger partial charge is 0.267 e. The molecule has 1 aromatic heterocycles. The van der Waals surface area contributed by atoms with E-state index in [2.05, 4.69) is 22.3 Å². The van der Waals surface area contributed by atoms with E-state index in [1.54, 1.807) is 25.3 Å². The summed E-state index contributed by atoms with van der Waals surface area (Å²) in [5, 5.41) is 12.8. The lowest BCUT2D eigenvalue weighted by Gasteiger charge is -2.05. The van der Waals surface area contributed by atoms with Crippen LogP contribution in [-0.2, 0) is 0 Å². The number of nitrogens with one attached hydrogen (secondary N) is 2. The van der Waals surface area contributed by atoms with Gasteiger partial charge in [0.25, 0.3) is 5.91 Å². The summed E-state index contributed by atoms with van der Waals surface area (Å²) < 4.78 is 0.